The number of methoxy groups -OCH3 is 1. The van der Waals surface area contributed by atoms with Gasteiger partial charge in [0, 0.05) is 60.9 Å². The molecule has 0 saturated carbocycles. The van der Waals surface area contributed by atoms with Gasteiger partial charge in [-0.3, -0.25) is 4.79 Å². The van der Waals surface area contributed by atoms with Crippen molar-refractivity contribution in [3.8, 4) is 11.1 Å². The van der Waals surface area contributed by atoms with Gasteiger partial charge in [-0.05, 0) is 25.1 Å². The number of nitrogens with two attached hydrogens (primary N) is 1. The second kappa shape index (κ2) is 6.76. The summed E-state index contributed by atoms with van der Waals surface area (Å²) in [6, 6.07) is 4.95. The Kier molecular flexibility index (Phi) is 4.65. The number of amides is 1. The summed E-state index contributed by atoms with van der Waals surface area (Å²) in [4.78, 5) is 21.2. The zero-order valence-corrected chi connectivity index (χ0v) is 15.2. The lowest BCUT2D eigenvalue weighted by Gasteiger charge is -2.15. The van der Waals surface area contributed by atoms with Gasteiger partial charge in [-0.15, -0.1) is 0 Å². The molecular weight excluding hydrogens is 335 g/mol. The summed E-state index contributed by atoms with van der Waals surface area (Å²) in [6.07, 6.45) is 1.58. The number of rotatable bonds is 4. The van der Waals surface area contributed by atoms with E-state index in [1.165, 1.54) is 11.0 Å². The van der Waals surface area contributed by atoms with E-state index in [4.69, 9.17) is 10.5 Å². The first-order valence-corrected chi connectivity index (χ1v) is 8.11. The molecule has 0 fully saturated rings. The van der Waals surface area contributed by atoms with Crippen LogP contribution in [0.2, 0.25) is 0 Å². The summed E-state index contributed by atoms with van der Waals surface area (Å²) >= 11 is 0. The molecule has 0 radical (unpaired) electrons. The van der Waals surface area contributed by atoms with Gasteiger partial charge in [0.25, 0.3) is 5.91 Å². The van der Waals surface area contributed by atoms with E-state index in [0.29, 0.717) is 17.8 Å². The zero-order valence-electron chi connectivity index (χ0n) is 15.2. The molecule has 6 nitrogen and oxygen atoms in total. The molecule has 3 aromatic rings. The number of aryl methyl sites for hydroxylation is 1. The Balaban J connectivity index is 2.19. The first kappa shape index (κ1) is 17.9. The Morgan fingerprint density at radius 2 is 2.12 bits per heavy atom. The standard InChI is InChI=1S/C19H21FN4O2/c1-10-14(9-26-4)13-7-11(8-22-18(13)23-10)12-5-6-15(21)16(17(12)20)19(25)24(2)3/h5-8H,9,21H2,1-4H3,(H,22,23). The van der Waals surface area contributed by atoms with Crippen LogP contribution in [0.5, 0.6) is 0 Å². The molecule has 0 bridgehead atoms. The minimum absolute atomic E-state index is 0.108. The fraction of sp³-hybridized carbons (Fsp3) is 0.263. The molecule has 136 valence electrons. The van der Waals surface area contributed by atoms with Gasteiger partial charge in [-0.2, -0.15) is 0 Å². The number of carbonyl (C=O) groups is 1. The highest BCUT2D eigenvalue weighted by molar-refractivity contribution is 6.00. The van der Waals surface area contributed by atoms with Gasteiger partial charge in [0.05, 0.1) is 12.2 Å². The number of hydrogen-bond acceptors (Lipinski definition) is 4. The monoisotopic (exact) mass is 356 g/mol. The molecule has 0 aliphatic rings. The summed E-state index contributed by atoms with van der Waals surface area (Å²) in [5, 5.41) is 0.860. The van der Waals surface area contributed by atoms with Gasteiger partial charge >= 0.3 is 0 Å². The summed E-state index contributed by atoms with van der Waals surface area (Å²) < 4.78 is 20.3. The fourth-order valence-corrected chi connectivity index (χ4v) is 2.98. The van der Waals surface area contributed by atoms with Crippen molar-refractivity contribution in [1.82, 2.24) is 14.9 Å². The molecular formula is C19H21FN4O2. The number of carbonyl (C=O) groups excluding carboxylic acids is 1. The maximum absolute atomic E-state index is 15.1. The molecule has 2 heterocycles. The van der Waals surface area contributed by atoms with Crippen LogP contribution in [0.15, 0.2) is 24.4 Å². The third-order valence-corrected chi connectivity index (χ3v) is 4.37. The number of fused-ring (bicyclic) bond motifs is 1. The Hall–Kier alpha value is -2.93. The molecule has 0 aliphatic heterocycles. The molecule has 26 heavy (non-hydrogen) atoms. The lowest BCUT2D eigenvalue weighted by Crippen LogP contribution is -2.24. The minimum Gasteiger partial charge on any atom is -0.398 e. The molecule has 1 aromatic carbocycles. The highest BCUT2D eigenvalue weighted by atomic mass is 19.1. The second-order valence-electron chi connectivity index (χ2n) is 6.37. The smallest absolute Gasteiger partial charge is 0.258 e. The summed E-state index contributed by atoms with van der Waals surface area (Å²) in [5.74, 6) is -1.13. The van der Waals surface area contributed by atoms with Gasteiger partial charge in [-0.25, -0.2) is 9.37 Å². The van der Waals surface area contributed by atoms with Crippen LogP contribution in [0, 0.1) is 12.7 Å². The van der Waals surface area contributed by atoms with Crippen molar-refractivity contribution in [2.75, 3.05) is 26.9 Å². The third-order valence-electron chi connectivity index (χ3n) is 4.37. The van der Waals surface area contributed by atoms with Crippen LogP contribution in [0.25, 0.3) is 22.2 Å². The molecule has 1 amide bonds. The number of anilines is 1. The summed E-state index contributed by atoms with van der Waals surface area (Å²) in [6.45, 7) is 2.36. The Morgan fingerprint density at radius 3 is 2.77 bits per heavy atom. The molecule has 3 rings (SSSR count). The Labute approximate surface area is 150 Å². The highest BCUT2D eigenvalue weighted by Crippen LogP contribution is 2.32. The van der Waals surface area contributed by atoms with E-state index < -0.39 is 11.7 Å². The van der Waals surface area contributed by atoms with Gasteiger partial charge in [0.15, 0.2) is 0 Å². The SMILES string of the molecule is COCc1c(C)[nH]c2ncc(-c3ccc(N)c(C(=O)N(C)C)c3F)cc12. The van der Waals surface area contributed by atoms with Gasteiger partial charge in [-0.1, -0.05) is 0 Å². The highest BCUT2D eigenvalue weighted by Gasteiger charge is 2.21. The van der Waals surface area contributed by atoms with Crippen molar-refractivity contribution >= 4 is 22.6 Å². The average Bonchev–Trinajstić information content (AvgIpc) is 2.90. The van der Waals surface area contributed by atoms with Crippen molar-refractivity contribution < 1.29 is 13.9 Å². The minimum atomic E-state index is -0.648. The van der Waals surface area contributed by atoms with E-state index >= 15 is 4.39 Å². The molecule has 0 unspecified atom stereocenters. The first-order chi connectivity index (χ1) is 12.3. The van der Waals surface area contributed by atoms with Crippen LogP contribution in [-0.4, -0.2) is 42.0 Å². The number of nitrogens with one attached hydrogen (secondary N) is 1. The molecule has 7 heteroatoms. The van der Waals surface area contributed by atoms with Crippen LogP contribution in [0.4, 0.5) is 10.1 Å². The van der Waals surface area contributed by atoms with Gasteiger partial charge in [0.2, 0.25) is 0 Å². The Bertz CT molecular complexity index is 995. The lowest BCUT2D eigenvalue weighted by atomic mass is 10.00. The number of nitrogens with zero attached hydrogens (tertiary/aromatic N) is 2. The van der Waals surface area contributed by atoms with Crippen LogP contribution < -0.4 is 5.73 Å². The summed E-state index contributed by atoms with van der Waals surface area (Å²) in [5.41, 5.74) is 9.29. The van der Waals surface area contributed by atoms with Gasteiger partial charge in [0.1, 0.15) is 11.5 Å². The normalized spacial score (nSPS) is 11.1. The van der Waals surface area contributed by atoms with E-state index in [2.05, 4.69) is 9.97 Å². The average molecular weight is 356 g/mol. The fourth-order valence-electron chi connectivity index (χ4n) is 2.98. The van der Waals surface area contributed by atoms with Crippen LogP contribution in [0.1, 0.15) is 21.6 Å². The third kappa shape index (κ3) is 2.90. The van der Waals surface area contributed by atoms with Crippen LogP contribution in [-0.2, 0) is 11.3 Å². The van der Waals surface area contributed by atoms with Crippen molar-refractivity contribution in [3.05, 3.63) is 47.0 Å². The largest absolute Gasteiger partial charge is 0.398 e. The van der Waals surface area contributed by atoms with E-state index in [1.807, 2.05) is 13.0 Å². The molecule has 0 saturated heterocycles. The van der Waals surface area contributed by atoms with Crippen LogP contribution in [0.3, 0.4) is 0 Å². The van der Waals surface area contributed by atoms with Gasteiger partial charge < -0.3 is 20.4 Å². The number of aromatic amines is 1. The van der Waals surface area contributed by atoms with E-state index in [1.54, 1.807) is 33.5 Å². The number of benzene rings is 1. The number of pyridine rings is 1. The molecule has 0 atom stereocenters. The summed E-state index contributed by atoms with van der Waals surface area (Å²) in [7, 11) is 4.73. The van der Waals surface area contributed by atoms with E-state index in [0.717, 1.165) is 16.6 Å². The maximum Gasteiger partial charge on any atom is 0.258 e. The van der Waals surface area contributed by atoms with E-state index in [-0.39, 0.29) is 16.8 Å². The van der Waals surface area contributed by atoms with Crippen molar-refractivity contribution in [2.45, 2.75) is 13.5 Å². The topological polar surface area (TPSA) is 84.2 Å². The number of H-pyrrole nitrogens is 1. The zero-order chi connectivity index (χ0) is 19.0. The predicted octanol–water partition coefficient (Wildman–Crippen LogP) is 3.11. The second-order valence-corrected chi connectivity index (χ2v) is 6.37. The number of hydrogen-bond donors (Lipinski definition) is 2. The van der Waals surface area contributed by atoms with Crippen molar-refractivity contribution in [1.29, 1.82) is 0 Å². The quantitative estimate of drug-likeness (QED) is 0.704. The Morgan fingerprint density at radius 1 is 1.38 bits per heavy atom. The number of aromatic nitrogens is 2. The molecule has 3 N–H and O–H groups in total. The number of ether oxygens (including phenoxy) is 1. The van der Waals surface area contributed by atoms with E-state index in [9.17, 15) is 4.79 Å². The van der Waals surface area contributed by atoms with Crippen LogP contribution >= 0.6 is 0 Å². The molecule has 0 spiro atoms. The maximum atomic E-state index is 15.1. The number of nitrogen functional groups attached to an aromatic ring is 1. The van der Waals surface area contributed by atoms with Crippen molar-refractivity contribution in [3.63, 3.8) is 0 Å². The molecule has 2 aromatic heterocycles. The predicted molar refractivity (Wildman–Crippen MR) is 99.4 cm³/mol. The first-order valence-electron chi connectivity index (χ1n) is 8.11. The van der Waals surface area contributed by atoms with Crippen molar-refractivity contribution in [2.24, 2.45) is 0 Å². The lowest BCUT2D eigenvalue weighted by molar-refractivity contribution is 0.0824. The number of halogens is 1. The molecule has 0 aliphatic carbocycles.